The molecule has 0 spiro atoms. The quantitative estimate of drug-likeness (QED) is 0.513. The number of amides is 1. The summed E-state index contributed by atoms with van der Waals surface area (Å²) in [4.78, 5) is 13.8. The average molecular weight is 403 g/mol. The number of hydrogen-bond acceptors (Lipinski definition) is 3. The monoisotopic (exact) mass is 402 g/mol. The highest BCUT2D eigenvalue weighted by Gasteiger charge is 2.20. The van der Waals surface area contributed by atoms with Crippen molar-refractivity contribution in [3.63, 3.8) is 0 Å². The fourth-order valence-electron chi connectivity index (χ4n) is 3.06. The number of hydrogen-bond donors (Lipinski definition) is 2. The fourth-order valence-corrected chi connectivity index (χ4v) is 4.02. The lowest BCUT2D eigenvalue weighted by atomic mass is 10.0. The molecule has 0 aliphatic carbocycles. The molecule has 2 aromatic carbocycles. The molecule has 0 saturated carbocycles. The van der Waals surface area contributed by atoms with Crippen LogP contribution in [0, 0.1) is 0 Å². The molecule has 4 heteroatoms. The predicted octanol–water partition coefficient (Wildman–Crippen LogP) is 6.59. The van der Waals surface area contributed by atoms with E-state index in [2.05, 4.69) is 37.3 Å². The Bertz CT molecular complexity index is 973. The Morgan fingerprint density at radius 1 is 1.21 bits per heavy atom. The highest BCUT2D eigenvalue weighted by molar-refractivity contribution is 8.00. The Balaban J connectivity index is 1.63. The van der Waals surface area contributed by atoms with Crippen LogP contribution in [0.3, 0.4) is 0 Å². The number of carbonyl (C=O) groups is 1. The van der Waals surface area contributed by atoms with E-state index < -0.39 is 0 Å². The van der Waals surface area contributed by atoms with E-state index in [-0.39, 0.29) is 5.91 Å². The SMILES string of the molecule is C=C/C=C(\C=C)CCc1ccc(NC(=O)c2ccc3c(c2)NC(=C)C(C)S3)cc1. The number of thioether (sulfide) groups is 1. The van der Waals surface area contributed by atoms with Crippen LogP contribution in [0.25, 0.3) is 0 Å². The third kappa shape index (κ3) is 5.30. The summed E-state index contributed by atoms with van der Waals surface area (Å²) in [5, 5.41) is 6.59. The molecule has 3 rings (SSSR count). The Morgan fingerprint density at radius 3 is 2.66 bits per heavy atom. The lowest BCUT2D eigenvalue weighted by Gasteiger charge is -2.25. The second kappa shape index (κ2) is 9.48. The number of fused-ring (bicyclic) bond motifs is 1. The van der Waals surface area contributed by atoms with E-state index in [0.29, 0.717) is 10.8 Å². The van der Waals surface area contributed by atoms with Gasteiger partial charge in [0, 0.05) is 27.1 Å². The maximum atomic E-state index is 12.7. The highest BCUT2D eigenvalue weighted by atomic mass is 32.2. The van der Waals surface area contributed by atoms with Gasteiger partial charge in [-0.15, -0.1) is 11.8 Å². The van der Waals surface area contributed by atoms with E-state index in [4.69, 9.17) is 0 Å². The summed E-state index contributed by atoms with van der Waals surface area (Å²) in [6, 6.07) is 13.7. The van der Waals surface area contributed by atoms with Gasteiger partial charge < -0.3 is 10.6 Å². The molecule has 148 valence electrons. The zero-order chi connectivity index (χ0) is 20.8. The van der Waals surface area contributed by atoms with Gasteiger partial charge in [-0.25, -0.2) is 0 Å². The van der Waals surface area contributed by atoms with Crippen molar-refractivity contribution < 1.29 is 4.79 Å². The molecule has 1 aliphatic heterocycles. The summed E-state index contributed by atoms with van der Waals surface area (Å²) in [5.41, 5.74) is 5.66. The Kier molecular flexibility index (Phi) is 6.78. The summed E-state index contributed by atoms with van der Waals surface area (Å²) in [7, 11) is 0. The van der Waals surface area contributed by atoms with E-state index in [1.807, 2.05) is 54.6 Å². The number of carbonyl (C=O) groups excluding carboxylic acids is 1. The van der Waals surface area contributed by atoms with E-state index >= 15 is 0 Å². The second-order valence-electron chi connectivity index (χ2n) is 6.95. The molecule has 0 fully saturated rings. The molecule has 1 aliphatic rings. The van der Waals surface area contributed by atoms with Gasteiger partial charge in [-0.3, -0.25) is 4.79 Å². The van der Waals surface area contributed by atoms with Crippen LogP contribution in [-0.4, -0.2) is 11.2 Å². The largest absolute Gasteiger partial charge is 0.358 e. The van der Waals surface area contributed by atoms with Crippen LogP contribution in [0.1, 0.15) is 29.3 Å². The zero-order valence-corrected chi connectivity index (χ0v) is 17.5. The van der Waals surface area contributed by atoms with Crippen molar-refractivity contribution in [3.05, 3.63) is 103 Å². The van der Waals surface area contributed by atoms with Gasteiger partial charge in [-0.05, 0) is 61.2 Å². The van der Waals surface area contributed by atoms with Gasteiger partial charge in [-0.1, -0.05) is 50.1 Å². The molecular weight excluding hydrogens is 376 g/mol. The van der Waals surface area contributed by atoms with E-state index in [1.54, 1.807) is 17.8 Å². The predicted molar refractivity (Wildman–Crippen MR) is 126 cm³/mol. The van der Waals surface area contributed by atoms with Crippen LogP contribution in [0.4, 0.5) is 11.4 Å². The fraction of sp³-hybridized carbons (Fsp3) is 0.160. The van der Waals surface area contributed by atoms with Crippen molar-refractivity contribution in [3.8, 4) is 0 Å². The first-order valence-electron chi connectivity index (χ1n) is 9.61. The number of aryl methyl sites for hydroxylation is 1. The molecule has 1 unspecified atom stereocenters. The first kappa shape index (κ1) is 20.7. The second-order valence-corrected chi connectivity index (χ2v) is 8.34. The minimum atomic E-state index is -0.126. The van der Waals surface area contributed by atoms with Crippen molar-refractivity contribution in [2.24, 2.45) is 0 Å². The van der Waals surface area contributed by atoms with Gasteiger partial charge in [0.25, 0.3) is 5.91 Å². The van der Waals surface area contributed by atoms with Crippen molar-refractivity contribution in [2.75, 3.05) is 10.6 Å². The molecule has 29 heavy (non-hydrogen) atoms. The first-order valence-corrected chi connectivity index (χ1v) is 10.5. The van der Waals surface area contributed by atoms with E-state index in [9.17, 15) is 4.79 Å². The van der Waals surface area contributed by atoms with Gasteiger partial charge in [0.15, 0.2) is 0 Å². The molecule has 0 radical (unpaired) electrons. The number of anilines is 2. The molecule has 3 nitrogen and oxygen atoms in total. The highest BCUT2D eigenvalue weighted by Crippen LogP contribution is 2.39. The Hall–Kier alpha value is -2.98. The topological polar surface area (TPSA) is 41.1 Å². The maximum Gasteiger partial charge on any atom is 0.255 e. The zero-order valence-electron chi connectivity index (χ0n) is 16.7. The lowest BCUT2D eigenvalue weighted by Crippen LogP contribution is -2.17. The van der Waals surface area contributed by atoms with Gasteiger partial charge in [0.1, 0.15) is 0 Å². The average Bonchev–Trinajstić information content (AvgIpc) is 2.72. The van der Waals surface area contributed by atoms with Gasteiger partial charge in [0.05, 0.1) is 5.69 Å². The molecule has 1 heterocycles. The van der Waals surface area contributed by atoms with Crippen LogP contribution in [0.5, 0.6) is 0 Å². The van der Waals surface area contributed by atoms with Crippen LogP contribution < -0.4 is 10.6 Å². The van der Waals surface area contributed by atoms with Gasteiger partial charge in [0.2, 0.25) is 0 Å². The number of rotatable bonds is 7. The number of allylic oxidation sites excluding steroid dienone is 4. The molecule has 0 saturated heterocycles. The van der Waals surface area contributed by atoms with E-state index in [0.717, 1.165) is 40.4 Å². The minimum Gasteiger partial charge on any atom is -0.358 e. The van der Waals surface area contributed by atoms with Gasteiger partial charge in [-0.2, -0.15) is 0 Å². The van der Waals surface area contributed by atoms with Crippen LogP contribution in [0.15, 0.2) is 96.6 Å². The van der Waals surface area contributed by atoms with Crippen molar-refractivity contribution in [2.45, 2.75) is 29.9 Å². The van der Waals surface area contributed by atoms with Crippen LogP contribution >= 0.6 is 11.8 Å². The Labute approximate surface area is 177 Å². The smallest absolute Gasteiger partial charge is 0.255 e. The number of nitrogens with one attached hydrogen (secondary N) is 2. The van der Waals surface area contributed by atoms with Crippen molar-refractivity contribution >= 4 is 29.0 Å². The van der Waals surface area contributed by atoms with Crippen molar-refractivity contribution in [1.29, 1.82) is 0 Å². The maximum absolute atomic E-state index is 12.7. The standard InChI is InChI=1S/C25H26N2OS/c1-5-7-19(6-2)8-9-20-10-13-22(14-11-20)27-25(28)21-12-15-24-23(16-21)26-17(3)18(4)29-24/h5-7,10-16,18,26H,1-3,8-9H2,4H3,(H,27,28)/b19-7+. The summed E-state index contributed by atoms with van der Waals surface area (Å²) in [5.74, 6) is -0.126. The minimum absolute atomic E-state index is 0.126. The molecule has 1 amide bonds. The molecule has 0 aromatic heterocycles. The summed E-state index contributed by atoms with van der Waals surface area (Å²) < 4.78 is 0. The van der Waals surface area contributed by atoms with Gasteiger partial charge >= 0.3 is 0 Å². The Morgan fingerprint density at radius 2 is 1.97 bits per heavy atom. The van der Waals surface area contributed by atoms with Crippen LogP contribution in [0.2, 0.25) is 0 Å². The molecule has 2 N–H and O–H groups in total. The third-order valence-electron chi connectivity index (χ3n) is 4.84. The van der Waals surface area contributed by atoms with E-state index in [1.165, 1.54) is 5.56 Å². The molecule has 0 bridgehead atoms. The molecule has 1 atom stereocenters. The van der Waals surface area contributed by atoms with Crippen molar-refractivity contribution in [1.82, 2.24) is 0 Å². The lowest BCUT2D eigenvalue weighted by molar-refractivity contribution is 0.102. The summed E-state index contributed by atoms with van der Waals surface area (Å²) in [6.07, 6.45) is 7.43. The first-order chi connectivity index (χ1) is 14.0. The molecule has 2 aromatic rings. The number of benzene rings is 2. The third-order valence-corrected chi connectivity index (χ3v) is 6.09. The normalized spacial score (nSPS) is 15.8. The summed E-state index contributed by atoms with van der Waals surface area (Å²) in [6.45, 7) is 13.7. The molecular formula is C25H26N2OS. The van der Waals surface area contributed by atoms with Crippen LogP contribution in [-0.2, 0) is 6.42 Å². The summed E-state index contributed by atoms with van der Waals surface area (Å²) >= 11 is 1.75.